The summed E-state index contributed by atoms with van der Waals surface area (Å²) < 4.78 is 0. The third-order valence-electron chi connectivity index (χ3n) is 4.59. The molecule has 0 aromatic rings. The molecular formula is C28H39N. The molecule has 0 saturated heterocycles. The van der Waals surface area contributed by atoms with Crippen LogP contribution in [0.4, 0.5) is 0 Å². The Kier molecular flexibility index (Phi) is 13.0. The Morgan fingerprint density at radius 1 is 0.862 bits per heavy atom. The van der Waals surface area contributed by atoms with Gasteiger partial charge in [0.25, 0.3) is 0 Å². The first-order chi connectivity index (χ1) is 13.7. The van der Waals surface area contributed by atoms with Crippen LogP contribution in [0.3, 0.4) is 0 Å². The van der Waals surface area contributed by atoms with Crippen molar-refractivity contribution < 1.29 is 0 Å². The zero-order valence-electron chi connectivity index (χ0n) is 19.5. The van der Waals surface area contributed by atoms with Crippen molar-refractivity contribution in [3.05, 3.63) is 108 Å². The summed E-state index contributed by atoms with van der Waals surface area (Å²) in [4.78, 5) is 4.65. The van der Waals surface area contributed by atoms with Crippen molar-refractivity contribution in [3.63, 3.8) is 0 Å². The van der Waals surface area contributed by atoms with Gasteiger partial charge in [-0.25, -0.2) is 0 Å². The van der Waals surface area contributed by atoms with E-state index in [1.165, 1.54) is 11.1 Å². The van der Waals surface area contributed by atoms with E-state index in [2.05, 4.69) is 75.9 Å². The second kappa shape index (κ2) is 14.3. The maximum Gasteiger partial charge on any atom is 0.0643 e. The lowest BCUT2D eigenvalue weighted by Gasteiger charge is -2.18. The highest BCUT2D eigenvalue weighted by Gasteiger charge is 2.13. The molecule has 1 heteroatoms. The van der Waals surface area contributed by atoms with E-state index >= 15 is 0 Å². The third-order valence-corrected chi connectivity index (χ3v) is 4.59. The Morgan fingerprint density at radius 2 is 1.48 bits per heavy atom. The molecule has 0 spiro atoms. The van der Waals surface area contributed by atoms with E-state index in [0.29, 0.717) is 0 Å². The molecule has 0 bridgehead atoms. The van der Waals surface area contributed by atoms with Crippen LogP contribution in [-0.4, -0.2) is 12.3 Å². The molecule has 1 unspecified atom stereocenters. The highest BCUT2D eigenvalue weighted by atomic mass is 14.7. The molecule has 0 N–H and O–H groups in total. The second-order valence-electron chi connectivity index (χ2n) is 7.04. The summed E-state index contributed by atoms with van der Waals surface area (Å²) >= 11 is 0. The zero-order valence-corrected chi connectivity index (χ0v) is 19.5. The fraction of sp³-hybridized carbons (Fsp3) is 0.321. The minimum absolute atomic E-state index is 0.122. The van der Waals surface area contributed by atoms with Gasteiger partial charge in [-0.3, -0.25) is 4.99 Å². The van der Waals surface area contributed by atoms with Gasteiger partial charge in [-0.05, 0) is 77.3 Å². The van der Waals surface area contributed by atoms with E-state index in [0.717, 1.165) is 34.5 Å². The molecule has 0 aromatic carbocycles. The second-order valence-corrected chi connectivity index (χ2v) is 7.04. The van der Waals surface area contributed by atoms with Gasteiger partial charge >= 0.3 is 0 Å². The predicted molar refractivity (Wildman–Crippen MR) is 135 cm³/mol. The van der Waals surface area contributed by atoms with E-state index < -0.39 is 0 Å². The lowest BCUT2D eigenvalue weighted by molar-refractivity contribution is 0.906. The van der Waals surface area contributed by atoms with E-state index in [9.17, 15) is 0 Å². The number of nitrogens with zero attached hydrogens (tertiary/aromatic N) is 1. The number of allylic oxidation sites excluding steroid dienone is 15. The molecule has 0 fully saturated rings. The van der Waals surface area contributed by atoms with Crippen LogP contribution in [0, 0.1) is 5.92 Å². The van der Waals surface area contributed by atoms with Gasteiger partial charge < -0.3 is 0 Å². The fourth-order valence-corrected chi connectivity index (χ4v) is 2.73. The Morgan fingerprint density at radius 3 is 1.97 bits per heavy atom. The van der Waals surface area contributed by atoms with Crippen LogP contribution < -0.4 is 0 Å². The number of rotatable bonds is 11. The van der Waals surface area contributed by atoms with Gasteiger partial charge in [0.05, 0.1) is 5.71 Å². The Labute approximate surface area is 179 Å². The minimum atomic E-state index is 0.122. The smallest absolute Gasteiger partial charge is 0.0643 e. The monoisotopic (exact) mass is 389 g/mol. The number of aliphatic imine (C=N–C) groups is 1. The first kappa shape index (κ1) is 26.3. The SMILES string of the molecule is C=C(C)C(=C)/C=C\C(C)=C(/C)C(/C=C\C)C(=C)/C=C(\C=C/C)C(/C=C\C)=N/CC. The molecule has 0 saturated carbocycles. The van der Waals surface area contributed by atoms with Crippen LogP contribution in [0.15, 0.2) is 113 Å². The van der Waals surface area contributed by atoms with Crippen molar-refractivity contribution >= 4 is 5.71 Å². The summed E-state index contributed by atoms with van der Waals surface area (Å²) in [5, 5.41) is 0. The molecule has 0 radical (unpaired) electrons. The summed E-state index contributed by atoms with van der Waals surface area (Å²) in [7, 11) is 0. The van der Waals surface area contributed by atoms with Crippen LogP contribution in [0.5, 0.6) is 0 Å². The van der Waals surface area contributed by atoms with Crippen LogP contribution in [0.1, 0.15) is 48.5 Å². The number of hydrogen-bond donors (Lipinski definition) is 0. The topological polar surface area (TPSA) is 12.4 Å². The average Bonchev–Trinajstić information content (AvgIpc) is 2.68. The van der Waals surface area contributed by atoms with E-state index in [1.54, 1.807) is 0 Å². The molecular weight excluding hydrogens is 350 g/mol. The quantitative estimate of drug-likeness (QED) is 0.191. The van der Waals surface area contributed by atoms with Gasteiger partial charge in [0.2, 0.25) is 0 Å². The molecule has 0 aliphatic carbocycles. The number of hydrogen-bond acceptors (Lipinski definition) is 1. The lowest BCUT2D eigenvalue weighted by atomic mass is 9.87. The normalized spacial score (nSPS) is 15.6. The maximum atomic E-state index is 4.65. The van der Waals surface area contributed by atoms with Crippen molar-refractivity contribution in [1.82, 2.24) is 0 Å². The van der Waals surface area contributed by atoms with Crippen LogP contribution in [0.25, 0.3) is 0 Å². The van der Waals surface area contributed by atoms with E-state index in [4.69, 9.17) is 0 Å². The lowest BCUT2D eigenvalue weighted by Crippen LogP contribution is -2.05. The molecule has 0 aliphatic heterocycles. The van der Waals surface area contributed by atoms with Crippen LogP contribution in [-0.2, 0) is 0 Å². The first-order valence-electron chi connectivity index (χ1n) is 10.3. The average molecular weight is 390 g/mol. The first-order valence-corrected chi connectivity index (χ1v) is 10.3. The maximum absolute atomic E-state index is 4.65. The van der Waals surface area contributed by atoms with Gasteiger partial charge in [0, 0.05) is 12.5 Å². The van der Waals surface area contributed by atoms with Gasteiger partial charge in [0.15, 0.2) is 0 Å². The van der Waals surface area contributed by atoms with Gasteiger partial charge in [-0.15, -0.1) is 0 Å². The minimum Gasteiger partial charge on any atom is -0.285 e. The molecule has 0 rings (SSSR count). The third kappa shape index (κ3) is 9.38. The Bertz CT molecular complexity index is 801. The molecule has 1 atom stereocenters. The standard InChI is InChI=1S/C28H39N/c1-11-15-26(28(17-13-3)29-14-4)20-24(9)27(16-12-2)25(10)23(8)19-18-22(7)21(5)6/h11-13,15-20,27H,5,7,9,14H2,1-4,6,8,10H3/b15-11-,16-12-,17-13-,19-18-,25-23+,26-20+,29-28+. The summed E-state index contributed by atoms with van der Waals surface area (Å²) in [6.07, 6.45) is 18.8. The summed E-state index contributed by atoms with van der Waals surface area (Å²) in [5.41, 5.74) is 7.47. The van der Waals surface area contributed by atoms with Crippen LogP contribution in [0.2, 0.25) is 0 Å². The van der Waals surface area contributed by atoms with Crippen molar-refractivity contribution in [1.29, 1.82) is 0 Å². The highest BCUT2D eigenvalue weighted by Crippen LogP contribution is 2.27. The summed E-state index contributed by atoms with van der Waals surface area (Å²) in [6.45, 7) is 27.5. The fourth-order valence-electron chi connectivity index (χ4n) is 2.73. The highest BCUT2D eigenvalue weighted by molar-refractivity contribution is 6.10. The van der Waals surface area contributed by atoms with E-state index in [1.807, 2.05) is 52.0 Å². The molecule has 0 aliphatic rings. The summed E-state index contributed by atoms with van der Waals surface area (Å²) in [5.74, 6) is 0.122. The van der Waals surface area contributed by atoms with E-state index in [-0.39, 0.29) is 5.92 Å². The van der Waals surface area contributed by atoms with Crippen molar-refractivity contribution in [2.24, 2.45) is 10.9 Å². The Balaban J connectivity index is 6.15. The molecule has 29 heavy (non-hydrogen) atoms. The van der Waals surface area contributed by atoms with Crippen LogP contribution >= 0.6 is 0 Å². The van der Waals surface area contributed by atoms with Crippen molar-refractivity contribution in [2.75, 3.05) is 6.54 Å². The zero-order chi connectivity index (χ0) is 22.4. The van der Waals surface area contributed by atoms with Gasteiger partial charge in [0.1, 0.15) is 0 Å². The van der Waals surface area contributed by atoms with Crippen molar-refractivity contribution in [2.45, 2.75) is 48.5 Å². The molecule has 1 nitrogen and oxygen atoms in total. The molecule has 0 amide bonds. The summed E-state index contributed by atoms with van der Waals surface area (Å²) in [6, 6.07) is 0. The Hall–Kier alpha value is -2.67. The largest absolute Gasteiger partial charge is 0.285 e. The van der Waals surface area contributed by atoms with Gasteiger partial charge in [-0.2, -0.15) is 0 Å². The molecule has 0 aromatic heterocycles. The predicted octanol–water partition coefficient (Wildman–Crippen LogP) is 8.30. The molecule has 156 valence electrons. The van der Waals surface area contributed by atoms with Gasteiger partial charge in [-0.1, -0.05) is 79.0 Å². The van der Waals surface area contributed by atoms with Crippen molar-refractivity contribution in [3.8, 4) is 0 Å². The molecule has 0 heterocycles.